The fourth-order valence-electron chi connectivity index (χ4n) is 1.17. The minimum Gasteiger partial charge on any atom is -0.463 e. The molecule has 0 saturated carbocycles. The summed E-state index contributed by atoms with van der Waals surface area (Å²) in [6.07, 6.45) is 3.43. The lowest BCUT2D eigenvalue weighted by molar-refractivity contribution is 0.280. The average molecular weight is 195 g/mol. The Morgan fingerprint density at radius 1 is 1.00 bits per heavy atom. The second kappa shape index (κ2) is 5.52. The van der Waals surface area contributed by atoms with Crippen LogP contribution < -0.4 is 4.74 Å². The van der Waals surface area contributed by atoms with Gasteiger partial charge in [-0.1, -0.05) is 19.8 Å². The Kier molecular flexibility index (Phi) is 4.29. The average Bonchev–Trinajstić information content (AvgIpc) is 2.11. The highest BCUT2D eigenvalue weighted by Crippen LogP contribution is 2.04. The zero-order valence-corrected chi connectivity index (χ0v) is 9.08. The van der Waals surface area contributed by atoms with E-state index in [2.05, 4.69) is 21.9 Å². The molecule has 0 aliphatic rings. The molecule has 1 heterocycles. The first-order valence-corrected chi connectivity index (χ1v) is 5.04. The molecule has 1 rings (SSSR count). The van der Waals surface area contributed by atoms with Crippen molar-refractivity contribution >= 4 is 0 Å². The smallest absolute Gasteiger partial charge is 0.319 e. The van der Waals surface area contributed by atoms with E-state index in [0.29, 0.717) is 24.3 Å². The maximum absolute atomic E-state index is 5.41. The number of aryl methyl sites for hydroxylation is 2. The van der Waals surface area contributed by atoms with Crippen LogP contribution in [0.25, 0.3) is 0 Å². The summed E-state index contributed by atoms with van der Waals surface area (Å²) in [6, 6.07) is 0.450. The van der Waals surface area contributed by atoms with Crippen molar-refractivity contribution in [1.29, 1.82) is 0 Å². The first-order chi connectivity index (χ1) is 6.72. The molecule has 1 aromatic heterocycles. The number of hydrogen-bond acceptors (Lipinski definition) is 4. The Morgan fingerprint density at radius 3 is 2.21 bits per heavy atom. The molecular weight excluding hydrogens is 178 g/mol. The lowest BCUT2D eigenvalue weighted by Crippen LogP contribution is -2.04. The largest absolute Gasteiger partial charge is 0.463 e. The predicted octanol–water partition coefficient (Wildman–Crippen LogP) is 2.06. The van der Waals surface area contributed by atoms with E-state index >= 15 is 0 Å². The third-order valence-electron chi connectivity index (χ3n) is 1.82. The molecule has 0 aliphatic carbocycles. The van der Waals surface area contributed by atoms with Crippen LogP contribution in [0.5, 0.6) is 6.01 Å². The summed E-state index contributed by atoms with van der Waals surface area (Å²) in [5.74, 6) is 1.42. The van der Waals surface area contributed by atoms with Gasteiger partial charge in [0.25, 0.3) is 0 Å². The lowest BCUT2D eigenvalue weighted by atomic mass is 10.3. The minimum absolute atomic E-state index is 0.450. The second-order valence-corrected chi connectivity index (χ2v) is 3.27. The number of hydrogen-bond donors (Lipinski definition) is 0. The van der Waals surface area contributed by atoms with Crippen LogP contribution in [-0.2, 0) is 0 Å². The summed E-state index contributed by atoms with van der Waals surface area (Å²) >= 11 is 0. The first-order valence-electron chi connectivity index (χ1n) is 5.04. The van der Waals surface area contributed by atoms with Crippen molar-refractivity contribution in [2.75, 3.05) is 6.61 Å². The molecule has 0 amide bonds. The van der Waals surface area contributed by atoms with Crippen molar-refractivity contribution in [2.24, 2.45) is 0 Å². The van der Waals surface area contributed by atoms with Crippen LogP contribution >= 0.6 is 0 Å². The van der Waals surface area contributed by atoms with Gasteiger partial charge in [0.05, 0.1) is 6.61 Å². The minimum atomic E-state index is 0.450. The van der Waals surface area contributed by atoms with Gasteiger partial charge in [0.15, 0.2) is 0 Å². The molecule has 14 heavy (non-hydrogen) atoms. The van der Waals surface area contributed by atoms with Gasteiger partial charge in [0, 0.05) is 0 Å². The molecule has 1 aromatic rings. The van der Waals surface area contributed by atoms with E-state index in [1.165, 1.54) is 12.8 Å². The molecule has 0 spiro atoms. The molecule has 0 fully saturated rings. The summed E-state index contributed by atoms with van der Waals surface area (Å²) in [7, 11) is 0. The first kappa shape index (κ1) is 10.9. The van der Waals surface area contributed by atoms with E-state index in [1.54, 1.807) is 0 Å². The van der Waals surface area contributed by atoms with E-state index in [0.717, 1.165) is 6.42 Å². The molecule has 0 aliphatic heterocycles. The normalized spacial score (nSPS) is 10.2. The molecule has 0 saturated heterocycles. The van der Waals surface area contributed by atoms with Crippen molar-refractivity contribution in [3.63, 3.8) is 0 Å². The lowest BCUT2D eigenvalue weighted by Gasteiger charge is -2.04. The number of unbranched alkanes of at least 4 members (excludes halogenated alkanes) is 2. The van der Waals surface area contributed by atoms with Crippen molar-refractivity contribution in [3.8, 4) is 6.01 Å². The van der Waals surface area contributed by atoms with Crippen molar-refractivity contribution in [1.82, 2.24) is 15.0 Å². The fraction of sp³-hybridized carbons (Fsp3) is 0.700. The Balaban J connectivity index is 2.42. The van der Waals surface area contributed by atoms with Crippen LogP contribution in [0, 0.1) is 13.8 Å². The molecule has 0 aromatic carbocycles. The molecule has 4 nitrogen and oxygen atoms in total. The summed E-state index contributed by atoms with van der Waals surface area (Å²) in [5, 5.41) is 0. The number of ether oxygens (including phenoxy) is 1. The Labute approximate surface area is 84.8 Å². The van der Waals surface area contributed by atoms with Gasteiger partial charge in [-0.3, -0.25) is 0 Å². The van der Waals surface area contributed by atoms with Gasteiger partial charge in [-0.15, -0.1) is 0 Å². The zero-order valence-electron chi connectivity index (χ0n) is 9.08. The number of aromatic nitrogens is 3. The third kappa shape index (κ3) is 3.68. The molecule has 78 valence electrons. The topological polar surface area (TPSA) is 47.9 Å². The highest BCUT2D eigenvalue weighted by Gasteiger charge is 2.00. The molecule has 0 atom stereocenters. The monoisotopic (exact) mass is 195 g/mol. The Bertz CT molecular complexity index is 268. The van der Waals surface area contributed by atoms with Crippen LogP contribution in [0.3, 0.4) is 0 Å². The van der Waals surface area contributed by atoms with Crippen molar-refractivity contribution in [2.45, 2.75) is 40.0 Å². The highest BCUT2D eigenvalue weighted by atomic mass is 16.5. The predicted molar refractivity (Wildman–Crippen MR) is 54.3 cm³/mol. The van der Waals surface area contributed by atoms with Gasteiger partial charge < -0.3 is 4.74 Å². The van der Waals surface area contributed by atoms with Crippen LogP contribution in [-0.4, -0.2) is 21.6 Å². The molecular formula is C10H17N3O. The number of nitrogens with zero attached hydrogens (tertiary/aromatic N) is 3. The number of rotatable bonds is 5. The van der Waals surface area contributed by atoms with E-state index in [4.69, 9.17) is 4.74 Å². The SMILES string of the molecule is CCCCCOc1nc(C)nc(C)n1. The van der Waals surface area contributed by atoms with E-state index < -0.39 is 0 Å². The van der Waals surface area contributed by atoms with Gasteiger partial charge in [0.2, 0.25) is 0 Å². The Hall–Kier alpha value is -1.19. The maximum atomic E-state index is 5.41. The second-order valence-electron chi connectivity index (χ2n) is 3.27. The summed E-state index contributed by atoms with van der Waals surface area (Å²) in [6.45, 7) is 6.54. The van der Waals surface area contributed by atoms with E-state index in [-0.39, 0.29) is 0 Å². The van der Waals surface area contributed by atoms with Crippen molar-refractivity contribution < 1.29 is 4.74 Å². The third-order valence-corrected chi connectivity index (χ3v) is 1.82. The molecule has 0 bridgehead atoms. The van der Waals surface area contributed by atoms with Gasteiger partial charge in [-0.05, 0) is 20.3 Å². The zero-order chi connectivity index (χ0) is 10.4. The van der Waals surface area contributed by atoms with Crippen LogP contribution in [0.4, 0.5) is 0 Å². The van der Waals surface area contributed by atoms with Gasteiger partial charge >= 0.3 is 6.01 Å². The summed E-state index contributed by atoms with van der Waals surface area (Å²) < 4.78 is 5.41. The fourth-order valence-corrected chi connectivity index (χ4v) is 1.17. The van der Waals surface area contributed by atoms with Crippen LogP contribution in [0.1, 0.15) is 37.8 Å². The quantitative estimate of drug-likeness (QED) is 0.675. The van der Waals surface area contributed by atoms with Gasteiger partial charge in [-0.25, -0.2) is 4.98 Å². The van der Waals surface area contributed by atoms with Crippen molar-refractivity contribution in [3.05, 3.63) is 11.6 Å². The summed E-state index contributed by atoms with van der Waals surface area (Å²) in [5.41, 5.74) is 0. The van der Waals surface area contributed by atoms with Gasteiger partial charge in [-0.2, -0.15) is 9.97 Å². The van der Waals surface area contributed by atoms with Gasteiger partial charge in [0.1, 0.15) is 11.6 Å². The standard InChI is InChI=1S/C10H17N3O/c1-4-5-6-7-14-10-12-8(2)11-9(3)13-10/h4-7H2,1-3H3. The van der Waals surface area contributed by atoms with Crippen LogP contribution in [0.2, 0.25) is 0 Å². The van der Waals surface area contributed by atoms with E-state index in [9.17, 15) is 0 Å². The molecule has 4 heteroatoms. The molecule has 0 N–H and O–H groups in total. The molecule has 0 unspecified atom stereocenters. The summed E-state index contributed by atoms with van der Waals surface area (Å²) in [4.78, 5) is 12.3. The highest BCUT2D eigenvalue weighted by molar-refractivity contribution is 4.98. The van der Waals surface area contributed by atoms with E-state index in [1.807, 2.05) is 13.8 Å². The van der Waals surface area contributed by atoms with Crippen LogP contribution in [0.15, 0.2) is 0 Å². The maximum Gasteiger partial charge on any atom is 0.319 e. The molecule has 0 radical (unpaired) electrons. The Morgan fingerprint density at radius 2 is 1.64 bits per heavy atom.